The number of fused-ring (bicyclic) bond motifs is 2. The number of benzene rings is 2. The zero-order valence-electron chi connectivity index (χ0n) is 11.7. The summed E-state index contributed by atoms with van der Waals surface area (Å²) in [5, 5.41) is 10.5. The second-order valence-electron chi connectivity index (χ2n) is 6.23. The SMILES string of the molecule is OC(CC1Cc2ccccc21)c1ccc2c(c1)CCC2. The first kappa shape index (κ1) is 12.2. The van der Waals surface area contributed by atoms with E-state index in [1.54, 1.807) is 0 Å². The molecule has 2 aliphatic carbocycles. The quantitative estimate of drug-likeness (QED) is 0.890. The fraction of sp³-hybridized carbons (Fsp3) is 0.368. The number of aliphatic hydroxyl groups excluding tert-OH is 1. The molecule has 102 valence electrons. The second kappa shape index (κ2) is 4.75. The molecule has 20 heavy (non-hydrogen) atoms. The van der Waals surface area contributed by atoms with Crippen LogP contribution in [0, 0.1) is 0 Å². The Labute approximate surface area is 120 Å². The Bertz CT molecular complexity index is 644. The number of aliphatic hydroxyl groups is 1. The van der Waals surface area contributed by atoms with E-state index in [-0.39, 0.29) is 6.10 Å². The lowest BCUT2D eigenvalue weighted by molar-refractivity contribution is 0.153. The van der Waals surface area contributed by atoms with Gasteiger partial charge in [0.1, 0.15) is 0 Å². The minimum Gasteiger partial charge on any atom is -0.388 e. The normalized spacial score (nSPS) is 20.9. The highest BCUT2D eigenvalue weighted by Crippen LogP contribution is 2.41. The van der Waals surface area contributed by atoms with Crippen molar-refractivity contribution in [3.05, 3.63) is 70.3 Å². The molecule has 0 spiro atoms. The van der Waals surface area contributed by atoms with Gasteiger partial charge < -0.3 is 5.11 Å². The van der Waals surface area contributed by atoms with E-state index in [2.05, 4.69) is 42.5 Å². The van der Waals surface area contributed by atoms with Crippen LogP contribution in [0.15, 0.2) is 42.5 Å². The van der Waals surface area contributed by atoms with E-state index in [9.17, 15) is 5.11 Å². The third-order valence-corrected chi connectivity index (χ3v) is 4.98. The fourth-order valence-corrected chi connectivity index (χ4v) is 3.78. The smallest absolute Gasteiger partial charge is 0.0796 e. The molecule has 2 atom stereocenters. The molecule has 0 amide bonds. The largest absolute Gasteiger partial charge is 0.388 e. The summed E-state index contributed by atoms with van der Waals surface area (Å²) >= 11 is 0. The lowest BCUT2D eigenvalue weighted by atomic mass is 9.74. The first-order valence-corrected chi connectivity index (χ1v) is 7.69. The van der Waals surface area contributed by atoms with Gasteiger partial charge in [0.25, 0.3) is 0 Å². The van der Waals surface area contributed by atoms with Gasteiger partial charge >= 0.3 is 0 Å². The highest BCUT2D eigenvalue weighted by atomic mass is 16.3. The van der Waals surface area contributed by atoms with Crippen LogP contribution in [0.25, 0.3) is 0 Å². The molecule has 4 rings (SSSR count). The molecule has 1 nitrogen and oxygen atoms in total. The Hall–Kier alpha value is -1.60. The van der Waals surface area contributed by atoms with Gasteiger partial charge in [-0.2, -0.15) is 0 Å². The summed E-state index contributed by atoms with van der Waals surface area (Å²) in [6.07, 6.45) is 5.32. The van der Waals surface area contributed by atoms with Crippen molar-refractivity contribution >= 4 is 0 Å². The van der Waals surface area contributed by atoms with E-state index in [4.69, 9.17) is 0 Å². The topological polar surface area (TPSA) is 20.2 Å². The van der Waals surface area contributed by atoms with Crippen molar-refractivity contribution in [2.75, 3.05) is 0 Å². The third kappa shape index (κ3) is 1.97. The molecule has 0 aliphatic heterocycles. The molecule has 2 unspecified atom stereocenters. The zero-order valence-corrected chi connectivity index (χ0v) is 11.7. The third-order valence-electron chi connectivity index (χ3n) is 4.98. The average Bonchev–Trinajstić information content (AvgIpc) is 2.92. The van der Waals surface area contributed by atoms with Gasteiger partial charge in [-0.1, -0.05) is 42.5 Å². The van der Waals surface area contributed by atoms with Gasteiger partial charge in [-0.25, -0.2) is 0 Å². The molecule has 0 saturated heterocycles. The molecule has 1 N–H and O–H groups in total. The van der Waals surface area contributed by atoms with Crippen molar-refractivity contribution in [1.29, 1.82) is 0 Å². The lowest BCUT2D eigenvalue weighted by Crippen LogP contribution is -2.19. The standard InChI is InChI=1S/C19H20O/c20-19(12-17-11-15-4-1-2-7-18(15)17)16-9-8-13-5-3-6-14(13)10-16/h1-2,4,7-10,17,19-20H,3,5-6,11-12H2. The van der Waals surface area contributed by atoms with Crippen LogP contribution in [0.4, 0.5) is 0 Å². The highest BCUT2D eigenvalue weighted by Gasteiger charge is 2.28. The van der Waals surface area contributed by atoms with E-state index in [0.717, 1.165) is 18.4 Å². The van der Waals surface area contributed by atoms with Crippen LogP contribution < -0.4 is 0 Å². The summed E-state index contributed by atoms with van der Waals surface area (Å²) in [6.45, 7) is 0. The van der Waals surface area contributed by atoms with Crippen LogP contribution in [0.5, 0.6) is 0 Å². The van der Waals surface area contributed by atoms with Gasteiger partial charge in [0.05, 0.1) is 6.10 Å². The molecule has 0 radical (unpaired) electrons. The molecule has 2 aliphatic rings. The first-order chi connectivity index (χ1) is 9.81. The van der Waals surface area contributed by atoms with Crippen LogP contribution in [0.1, 0.15) is 52.7 Å². The highest BCUT2D eigenvalue weighted by molar-refractivity contribution is 5.41. The minimum atomic E-state index is -0.320. The monoisotopic (exact) mass is 264 g/mol. The lowest BCUT2D eigenvalue weighted by Gasteiger charge is -2.31. The van der Waals surface area contributed by atoms with E-state index >= 15 is 0 Å². The van der Waals surface area contributed by atoms with Crippen molar-refractivity contribution in [2.45, 2.75) is 44.1 Å². The summed E-state index contributed by atoms with van der Waals surface area (Å²) in [4.78, 5) is 0. The van der Waals surface area contributed by atoms with Crippen molar-refractivity contribution in [3.8, 4) is 0 Å². The molecular weight excluding hydrogens is 244 g/mol. The number of rotatable bonds is 3. The van der Waals surface area contributed by atoms with Crippen LogP contribution in [-0.4, -0.2) is 5.11 Å². The Morgan fingerprint density at radius 1 is 1.00 bits per heavy atom. The Morgan fingerprint density at radius 3 is 2.75 bits per heavy atom. The maximum absolute atomic E-state index is 10.5. The van der Waals surface area contributed by atoms with Crippen molar-refractivity contribution < 1.29 is 5.11 Å². The van der Waals surface area contributed by atoms with E-state index in [1.165, 1.54) is 41.5 Å². The molecule has 0 aromatic heterocycles. The number of aryl methyl sites for hydroxylation is 2. The maximum atomic E-state index is 10.5. The molecule has 0 saturated carbocycles. The summed E-state index contributed by atoms with van der Waals surface area (Å²) < 4.78 is 0. The fourth-order valence-electron chi connectivity index (χ4n) is 3.78. The predicted octanol–water partition coefficient (Wildman–Crippen LogP) is 3.94. The number of hydrogen-bond acceptors (Lipinski definition) is 1. The Morgan fingerprint density at radius 2 is 1.85 bits per heavy atom. The van der Waals surface area contributed by atoms with Crippen molar-refractivity contribution in [2.24, 2.45) is 0 Å². The van der Waals surface area contributed by atoms with Crippen molar-refractivity contribution in [1.82, 2.24) is 0 Å². The molecule has 1 heteroatoms. The summed E-state index contributed by atoms with van der Waals surface area (Å²) in [7, 11) is 0. The van der Waals surface area contributed by atoms with Gasteiger partial charge in [-0.15, -0.1) is 0 Å². The predicted molar refractivity (Wildman–Crippen MR) is 80.9 cm³/mol. The van der Waals surface area contributed by atoms with E-state index < -0.39 is 0 Å². The summed E-state index contributed by atoms with van der Waals surface area (Å²) in [6, 6.07) is 15.2. The number of hydrogen-bond donors (Lipinski definition) is 1. The molecule has 2 aromatic rings. The average molecular weight is 264 g/mol. The Balaban J connectivity index is 1.50. The minimum absolute atomic E-state index is 0.320. The van der Waals surface area contributed by atoms with E-state index in [0.29, 0.717) is 5.92 Å². The van der Waals surface area contributed by atoms with Gasteiger partial charge in [-0.3, -0.25) is 0 Å². The summed E-state index contributed by atoms with van der Waals surface area (Å²) in [5.41, 5.74) is 6.94. The van der Waals surface area contributed by atoms with E-state index in [1.807, 2.05) is 0 Å². The van der Waals surface area contributed by atoms with Crippen molar-refractivity contribution in [3.63, 3.8) is 0 Å². The molecule has 2 aromatic carbocycles. The second-order valence-corrected chi connectivity index (χ2v) is 6.23. The molecular formula is C19H20O. The van der Waals surface area contributed by atoms with Gasteiger partial charge in [0.2, 0.25) is 0 Å². The van der Waals surface area contributed by atoms with Crippen LogP contribution >= 0.6 is 0 Å². The van der Waals surface area contributed by atoms with Gasteiger partial charge in [-0.05, 0) is 65.8 Å². The van der Waals surface area contributed by atoms with Crippen LogP contribution in [0.3, 0.4) is 0 Å². The van der Waals surface area contributed by atoms with Crippen LogP contribution in [0.2, 0.25) is 0 Å². The maximum Gasteiger partial charge on any atom is 0.0796 e. The summed E-state index contributed by atoms with van der Waals surface area (Å²) in [5.74, 6) is 0.537. The van der Waals surface area contributed by atoms with Gasteiger partial charge in [0, 0.05) is 0 Å². The molecule has 0 fully saturated rings. The molecule has 0 bridgehead atoms. The van der Waals surface area contributed by atoms with Gasteiger partial charge in [0.15, 0.2) is 0 Å². The first-order valence-electron chi connectivity index (χ1n) is 7.69. The zero-order chi connectivity index (χ0) is 13.5. The molecule has 0 heterocycles. The Kier molecular flexibility index (Phi) is 2.89. The van der Waals surface area contributed by atoms with Crippen LogP contribution in [-0.2, 0) is 19.3 Å².